The zero-order valence-electron chi connectivity index (χ0n) is 26.9. The van der Waals surface area contributed by atoms with Crippen molar-refractivity contribution in [1.82, 2.24) is 4.90 Å². The molecule has 10 heteroatoms. The molecule has 1 heterocycles. The molecule has 1 atom stereocenters. The molecule has 0 spiro atoms. The number of hydrogen-bond donors (Lipinski definition) is 3. The molecule has 238 valence electrons. The van der Waals surface area contributed by atoms with Gasteiger partial charge in [-0.25, -0.2) is 9.59 Å². The van der Waals surface area contributed by atoms with Crippen molar-refractivity contribution in [3.05, 3.63) is 88.5 Å². The molecule has 0 unspecified atom stereocenters. The van der Waals surface area contributed by atoms with E-state index in [-0.39, 0.29) is 17.5 Å². The number of fused-ring (bicyclic) bond motifs is 2. The fourth-order valence-corrected chi connectivity index (χ4v) is 6.47. The fraction of sp³-hybridized carbons (Fsp3) is 0.278. The van der Waals surface area contributed by atoms with E-state index in [1.165, 1.54) is 7.11 Å². The molecule has 3 N–H and O–H groups in total. The Morgan fingerprint density at radius 3 is 2.00 bits per heavy atom. The number of carbonyl (C=O) groups is 2. The minimum atomic E-state index is -0.678. The van der Waals surface area contributed by atoms with Crippen molar-refractivity contribution < 1.29 is 28.5 Å². The minimum Gasteiger partial charge on any atom is -0.493 e. The Kier molecular flexibility index (Phi) is 8.46. The summed E-state index contributed by atoms with van der Waals surface area (Å²) >= 11 is 0. The Labute approximate surface area is 268 Å². The quantitative estimate of drug-likeness (QED) is 0.198. The third kappa shape index (κ3) is 5.56. The maximum atomic E-state index is 13.5. The van der Waals surface area contributed by atoms with E-state index in [0.717, 1.165) is 46.3 Å². The lowest BCUT2D eigenvalue weighted by atomic mass is 9.75. The number of rotatable bonds is 7. The molecule has 1 aliphatic carbocycles. The zero-order valence-corrected chi connectivity index (χ0v) is 26.9. The molecule has 3 amide bonds. The number of nitrogens with one attached hydrogen (secondary N) is 3. The Morgan fingerprint density at radius 1 is 0.761 bits per heavy atom. The van der Waals surface area contributed by atoms with Gasteiger partial charge in [-0.1, -0.05) is 36.4 Å². The molecule has 0 radical (unpaired) electrons. The SMILES string of the molecule is COc1cc(NC(=O)Nc2ccccc2C)c2c(c1OC(=O)Nc1ccccc1C)-c1c(OC)c(OC)cc3c1[C@H](C2)N(C)CC3. The monoisotopic (exact) mass is 622 g/mol. The van der Waals surface area contributed by atoms with Gasteiger partial charge in [0.25, 0.3) is 0 Å². The van der Waals surface area contributed by atoms with Gasteiger partial charge in [-0.3, -0.25) is 10.2 Å². The van der Waals surface area contributed by atoms with Crippen LogP contribution in [0.1, 0.15) is 33.9 Å². The number of ether oxygens (including phenoxy) is 4. The minimum absolute atomic E-state index is 0.0203. The van der Waals surface area contributed by atoms with Crippen LogP contribution in [0.4, 0.5) is 26.7 Å². The molecule has 0 saturated carbocycles. The van der Waals surface area contributed by atoms with E-state index >= 15 is 0 Å². The Balaban J connectivity index is 1.54. The second-order valence-corrected chi connectivity index (χ2v) is 11.5. The third-order valence-corrected chi connectivity index (χ3v) is 8.83. The number of likely N-dealkylation sites (N-methyl/N-ethyl adjacent to an activating group) is 1. The third-order valence-electron chi connectivity index (χ3n) is 8.83. The average Bonchev–Trinajstić information content (AvgIpc) is 3.05. The molecule has 6 rings (SSSR count). The molecule has 2 aliphatic rings. The second kappa shape index (κ2) is 12.6. The van der Waals surface area contributed by atoms with E-state index in [9.17, 15) is 9.59 Å². The van der Waals surface area contributed by atoms with E-state index < -0.39 is 12.1 Å². The normalized spacial score (nSPS) is 14.8. The second-order valence-electron chi connectivity index (χ2n) is 11.5. The summed E-state index contributed by atoms with van der Waals surface area (Å²) in [5, 5.41) is 8.88. The lowest BCUT2D eigenvalue weighted by molar-refractivity contribution is 0.212. The number of aryl methyl sites for hydroxylation is 2. The van der Waals surface area contributed by atoms with Gasteiger partial charge in [0.1, 0.15) is 0 Å². The smallest absolute Gasteiger partial charge is 0.417 e. The number of amides is 3. The van der Waals surface area contributed by atoms with Gasteiger partial charge in [-0.15, -0.1) is 0 Å². The van der Waals surface area contributed by atoms with Crippen molar-refractivity contribution >= 4 is 29.2 Å². The van der Waals surface area contributed by atoms with Crippen molar-refractivity contribution in [2.75, 3.05) is 50.9 Å². The van der Waals surface area contributed by atoms with Crippen molar-refractivity contribution in [3.63, 3.8) is 0 Å². The number of carbonyl (C=O) groups excluding carboxylic acids is 2. The predicted molar refractivity (Wildman–Crippen MR) is 179 cm³/mol. The highest BCUT2D eigenvalue weighted by molar-refractivity contribution is 6.03. The van der Waals surface area contributed by atoms with Gasteiger partial charge in [0, 0.05) is 41.2 Å². The first-order valence-corrected chi connectivity index (χ1v) is 15.1. The number of benzene rings is 4. The number of methoxy groups -OCH3 is 3. The van der Waals surface area contributed by atoms with E-state index in [4.69, 9.17) is 18.9 Å². The van der Waals surface area contributed by atoms with Crippen LogP contribution in [0, 0.1) is 13.8 Å². The molecule has 1 aliphatic heterocycles. The van der Waals surface area contributed by atoms with Crippen LogP contribution in [0.3, 0.4) is 0 Å². The van der Waals surface area contributed by atoms with Crippen LogP contribution in [0.15, 0.2) is 60.7 Å². The molecular weight excluding hydrogens is 584 g/mol. The van der Waals surface area contributed by atoms with Crippen LogP contribution < -0.4 is 34.9 Å². The molecule has 4 aromatic carbocycles. The van der Waals surface area contributed by atoms with Crippen molar-refractivity contribution in [3.8, 4) is 34.1 Å². The van der Waals surface area contributed by atoms with E-state index in [2.05, 4.69) is 27.9 Å². The molecular formula is C36H38N4O6. The highest BCUT2D eigenvalue weighted by atomic mass is 16.6. The molecule has 0 aromatic heterocycles. The first kappa shape index (κ1) is 30.8. The molecule has 0 bridgehead atoms. The summed E-state index contributed by atoms with van der Waals surface area (Å²) in [6.07, 6.45) is 0.673. The number of nitrogens with zero attached hydrogens (tertiary/aromatic N) is 1. The standard InChI is InChI=1S/C36H38N4O6/c1-20-11-7-9-13-24(20)37-35(41)38-26-19-29(44-5)34(46-36(42)39-25-14-10-8-12-21(25)2)31-23(26)18-27-30-22(15-16-40(27)3)17-28(43-4)33(45-6)32(30)31/h7-14,17,19,27H,15-16,18H2,1-6H3,(H,39,42)(H2,37,38,41)/t27-/m0/s1. The lowest BCUT2D eigenvalue weighted by Gasteiger charge is -2.41. The van der Waals surface area contributed by atoms with Crippen LogP contribution in [-0.4, -0.2) is 51.9 Å². The topological polar surface area (TPSA) is 110 Å². The number of hydrogen-bond acceptors (Lipinski definition) is 7. The molecule has 0 fully saturated rings. The van der Waals surface area contributed by atoms with Crippen LogP contribution in [0.25, 0.3) is 11.1 Å². The Bertz CT molecular complexity index is 1840. The summed E-state index contributed by atoms with van der Waals surface area (Å²) in [4.78, 5) is 29.2. The Hall–Kier alpha value is -5.22. The van der Waals surface area contributed by atoms with Gasteiger partial charge in [0.15, 0.2) is 23.0 Å². The zero-order chi connectivity index (χ0) is 32.5. The number of anilines is 3. The van der Waals surface area contributed by atoms with Crippen LogP contribution >= 0.6 is 0 Å². The molecule has 0 saturated heterocycles. The van der Waals surface area contributed by atoms with Crippen LogP contribution in [0.5, 0.6) is 23.0 Å². The summed E-state index contributed by atoms with van der Waals surface area (Å²) in [5.74, 6) is 1.56. The first-order chi connectivity index (χ1) is 22.2. The predicted octanol–water partition coefficient (Wildman–Crippen LogP) is 7.34. The Morgan fingerprint density at radius 2 is 1.37 bits per heavy atom. The van der Waals surface area contributed by atoms with Crippen molar-refractivity contribution in [2.24, 2.45) is 0 Å². The first-order valence-electron chi connectivity index (χ1n) is 15.1. The van der Waals surface area contributed by atoms with Gasteiger partial charge in [-0.2, -0.15) is 0 Å². The average molecular weight is 623 g/mol. The maximum Gasteiger partial charge on any atom is 0.417 e. The van der Waals surface area contributed by atoms with Gasteiger partial charge >= 0.3 is 12.1 Å². The molecule has 46 heavy (non-hydrogen) atoms. The molecule has 10 nitrogen and oxygen atoms in total. The van der Waals surface area contributed by atoms with Crippen molar-refractivity contribution in [2.45, 2.75) is 32.7 Å². The number of para-hydroxylation sites is 2. The molecule has 4 aromatic rings. The van der Waals surface area contributed by atoms with E-state index in [1.807, 2.05) is 68.4 Å². The van der Waals surface area contributed by atoms with Gasteiger partial charge in [-0.05, 0) is 79.8 Å². The number of urea groups is 1. The summed E-state index contributed by atoms with van der Waals surface area (Å²) in [5.41, 5.74) is 8.01. The van der Waals surface area contributed by atoms with Crippen LogP contribution in [0.2, 0.25) is 0 Å². The van der Waals surface area contributed by atoms with E-state index in [0.29, 0.717) is 40.5 Å². The summed E-state index contributed by atoms with van der Waals surface area (Å²) in [7, 11) is 6.79. The lowest BCUT2D eigenvalue weighted by Crippen LogP contribution is -2.36. The van der Waals surface area contributed by atoms with Crippen molar-refractivity contribution in [1.29, 1.82) is 0 Å². The highest BCUT2D eigenvalue weighted by Crippen LogP contribution is 2.58. The highest BCUT2D eigenvalue weighted by Gasteiger charge is 2.40. The summed E-state index contributed by atoms with van der Waals surface area (Å²) < 4.78 is 23.8. The summed E-state index contributed by atoms with van der Waals surface area (Å²) in [6.45, 7) is 4.68. The fourth-order valence-electron chi connectivity index (χ4n) is 6.47. The van der Waals surface area contributed by atoms with Gasteiger partial charge in [0.05, 0.1) is 27.0 Å². The van der Waals surface area contributed by atoms with Crippen LogP contribution in [-0.2, 0) is 12.8 Å². The summed E-state index contributed by atoms with van der Waals surface area (Å²) in [6, 6.07) is 18.3. The van der Waals surface area contributed by atoms with Gasteiger partial charge in [0.2, 0.25) is 0 Å². The van der Waals surface area contributed by atoms with Gasteiger partial charge < -0.3 is 29.6 Å². The maximum absolute atomic E-state index is 13.5. The largest absolute Gasteiger partial charge is 0.493 e. The van der Waals surface area contributed by atoms with E-state index in [1.54, 1.807) is 20.3 Å².